The molecule has 0 saturated carbocycles. The highest BCUT2D eigenvalue weighted by Crippen LogP contribution is 2.28. The molecule has 3 aromatic heterocycles. The Morgan fingerprint density at radius 1 is 1.28 bits per heavy atom. The second kappa shape index (κ2) is 6.11. The maximum atomic E-state index is 12.7. The van der Waals surface area contributed by atoms with Gasteiger partial charge in [-0.25, -0.2) is 0 Å². The zero-order chi connectivity index (χ0) is 18.2. The molecule has 3 aromatic rings. The first kappa shape index (κ1) is 16.8. The first-order valence-corrected chi connectivity index (χ1v) is 7.17. The number of carbonyl (C=O) groups excluding carboxylic acids is 1. The zero-order valence-electron chi connectivity index (χ0n) is 13.2. The van der Waals surface area contributed by atoms with Crippen molar-refractivity contribution >= 4 is 11.7 Å². The summed E-state index contributed by atoms with van der Waals surface area (Å²) in [6.07, 6.45) is -4.51. The Balaban J connectivity index is 1.71. The van der Waals surface area contributed by atoms with E-state index >= 15 is 0 Å². The smallest absolute Gasteiger partial charge is 0.435 e. The third-order valence-electron chi connectivity index (χ3n) is 3.33. The van der Waals surface area contributed by atoms with Gasteiger partial charge in [0.2, 0.25) is 0 Å². The minimum Gasteiger partial charge on any atom is -0.454 e. The highest BCUT2D eigenvalue weighted by Gasteiger charge is 2.34. The van der Waals surface area contributed by atoms with Crippen molar-refractivity contribution in [2.24, 2.45) is 0 Å². The largest absolute Gasteiger partial charge is 0.454 e. The number of nitrogens with one attached hydrogen (secondary N) is 1. The fourth-order valence-electron chi connectivity index (χ4n) is 2.14. The van der Waals surface area contributed by atoms with Gasteiger partial charge in [-0.3, -0.25) is 9.48 Å². The Kier molecular flexibility index (Phi) is 4.11. The van der Waals surface area contributed by atoms with Gasteiger partial charge in [-0.2, -0.15) is 18.3 Å². The molecule has 3 rings (SSSR count). The topological polar surface area (TPSA) is 86.1 Å². The molecule has 10 heteroatoms. The molecule has 0 fully saturated rings. The molecule has 1 N–H and O–H groups in total. The summed E-state index contributed by atoms with van der Waals surface area (Å²) in [6.45, 7) is 3.15. The molecule has 0 aliphatic rings. The van der Waals surface area contributed by atoms with Gasteiger partial charge in [0.25, 0.3) is 5.91 Å². The summed E-state index contributed by atoms with van der Waals surface area (Å²) in [5, 5.41) is 9.62. The number of rotatable bonds is 4. The number of aromatic nitrogens is 3. The quantitative estimate of drug-likeness (QED) is 0.776. The third-order valence-corrected chi connectivity index (χ3v) is 3.33. The molecule has 0 bridgehead atoms. The molecule has 0 aliphatic carbocycles. The van der Waals surface area contributed by atoms with Gasteiger partial charge >= 0.3 is 6.18 Å². The molecular weight excluding hydrogens is 341 g/mol. The lowest BCUT2D eigenvalue weighted by molar-refractivity contribution is -0.141. The summed E-state index contributed by atoms with van der Waals surface area (Å²) < 4.78 is 49.4. The van der Waals surface area contributed by atoms with Gasteiger partial charge in [0.05, 0.1) is 6.54 Å². The van der Waals surface area contributed by atoms with Crippen molar-refractivity contribution in [1.82, 2.24) is 14.9 Å². The van der Waals surface area contributed by atoms with Crippen LogP contribution in [-0.2, 0) is 12.7 Å². The Morgan fingerprint density at radius 3 is 2.64 bits per heavy atom. The van der Waals surface area contributed by atoms with Crippen LogP contribution in [0.1, 0.15) is 33.5 Å². The lowest BCUT2D eigenvalue weighted by Gasteiger charge is -2.02. The number of amides is 1. The van der Waals surface area contributed by atoms with E-state index in [1.165, 1.54) is 25.1 Å². The number of halogens is 3. The molecule has 0 aromatic carbocycles. The highest BCUT2D eigenvalue weighted by atomic mass is 19.4. The van der Waals surface area contributed by atoms with E-state index in [-0.39, 0.29) is 18.1 Å². The van der Waals surface area contributed by atoms with Crippen LogP contribution < -0.4 is 5.32 Å². The third kappa shape index (κ3) is 3.73. The van der Waals surface area contributed by atoms with E-state index in [0.29, 0.717) is 17.2 Å². The first-order chi connectivity index (χ1) is 11.7. The van der Waals surface area contributed by atoms with Crippen molar-refractivity contribution in [2.75, 3.05) is 5.32 Å². The molecule has 0 saturated heterocycles. The average Bonchev–Trinajstić information content (AvgIpc) is 3.21. The van der Waals surface area contributed by atoms with Crippen LogP contribution in [0.4, 0.5) is 19.0 Å². The van der Waals surface area contributed by atoms with Gasteiger partial charge in [0.1, 0.15) is 11.5 Å². The predicted octanol–water partition coefficient (Wildman–Crippen LogP) is 3.40. The van der Waals surface area contributed by atoms with E-state index in [4.69, 9.17) is 8.94 Å². The SMILES string of the molecule is Cc1cc(NC(=O)c2ccc(Cn3nc(C(F)(F)F)cc3C)o2)no1. The fraction of sp³-hybridized carbons (Fsp3) is 0.267. The normalized spacial score (nSPS) is 11.7. The number of aryl methyl sites for hydroxylation is 2. The van der Waals surface area contributed by atoms with E-state index < -0.39 is 17.8 Å². The maximum absolute atomic E-state index is 12.7. The Hall–Kier alpha value is -3.04. The molecule has 1 amide bonds. The van der Waals surface area contributed by atoms with Crippen LogP contribution in [0.2, 0.25) is 0 Å². The molecular formula is C15H13F3N4O3. The van der Waals surface area contributed by atoms with Crippen LogP contribution in [0.3, 0.4) is 0 Å². The number of furan rings is 1. The number of hydrogen-bond acceptors (Lipinski definition) is 5. The highest BCUT2D eigenvalue weighted by molar-refractivity contribution is 6.01. The lowest BCUT2D eigenvalue weighted by Crippen LogP contribution is -2.11. The van der Waals surface area contributed by atoms with Crippen LogP contribution in [0, 0.1) is 13.8 Å². The van der Waals surface area contributed by atoms with Crippen molar-refractivity contribution in [3.8, 4) is 0 Å². The summed E-state index contributed by atoms with van der Waals surface area (Å²) >= 11 is 0. The van der Waals surface area contributed by atoms with Crippen LogP contribution in [-0.4, -0.2) is 20.8 Å². The van der Waals surface area contributed by atoms with Crippen molar-refractivity contribution in [2.45, 2.75) is 26.6 Å². The average molecular weight is 354 g/mol. The summed E-state index contributed by atoms with van der Waals surface area (Å²) in [4.78, 5) is 12.0. The van der Waals surface area contributed by atoms with Gasteiger partial charge in [-0.05, 0) is 32.0 Å². The molecule has 25 heavy (non-hydrogen) atoms. The molecule has 7 nitrogen and oxygen atoms in total. The molecule has 3 heterocycles. The standard InChI is InChI=1S/C15H13F3N4O3/c1-8-5-12(15(16,17)18)20-22(8)7-10-3-4-11(24-10)14(23)19-13-6-9(2)25-21-13/h3-6H,7H2,1-2H3,(H,19,21,23). The van der Waals surface area contributed by atoms with E-state index in [1.807, 2.05) is 0 Å². The zero-order valence-corrected chi connectivity index (χ0v) is 13.2. The van der Waals surface area contributed by atoms with Crippen molar-refractivity contribution in [3.63, 3.8) is 0 Å². The van der Waals surface area contributed by atoms with Crippen LogP contribution in [0.15, 0.2) is 33.2 Å². The second-order valence-corrected chi connectivity index (χ2v) is 5.37. The monoisotopic (exact) mass is 354 g/mol. The lowest BCUT2D eigenvalue weighted by atomic mass is 10.3. The maximum Gasteiger partial charge on any atom is 0.435 e. The second-order valence-electron chi connectivity index (χ2n) is 5.37. The number of carbonyl (C=O) groups is 1. The molecule has 0 spiro atoms. The van der Waals surface area contributed by atoms with Gasteiger partial charge in [0.15, 0.2) is 17.3 Å². The summed E-state index contributed by atoms with van der Waals surface area (Å²) in [6, 6.07) is 5.40. The fourth-order valence-corrected chi connectivity index (χ4v) is 2.14. The molecule has 0 unspecified atom stereocenters. The minimum absolute atomic E-state index is 0.00323. The molecule has 0 atom stereocenters. The van der Waals surface area contributed by atoms with E-state index in [0.717, 1.165) is 10.7 Å². The Morgan fingerprint density at radius 2 is 2.04 bits per heavy atom. The minimum atomic E-state index is -4.51. The summed E-state index contributed by atoms with van der Waals surface area (Å²) in [5.74, 6) is 0.508. The Labute approximate surface area is 139 Å². The van der Waals surface area contributed by atoms with Crippen molar-refractivity contribution in [3.05, 3.63) is 52.9 Å². The first-order valence-electron chi connectivity index (χ1n) is 7.17. The van der Waals surface area contributed by atoms with Crippen molar-refractivity contribution < 1.29 is 26.9 Å². The van der Waals surface area contributed by atoms with Crippen molar-refractivity contribution in [1.29, 1.82) is 0 Å². The molecule has 0 radical (unpaired) electrons. The van der Waals surface area contributed by atoms with Crippen LogP contribution in [0.5, 0.6) is 0 Å². The van der Waals surface area contributed by atoms with Crippen LogP contribution >= 0.6 is 0 Å². The summed E-state index contributed by atoms with van der Waals surface area (Å²) in [7, 11) is 0. The summed E-state index contributed by atoms with van der Waals surface area (Å²) in [5.41, 5.74) is -0.649. The number of anilines is 1. The van der Waals surface area contributed by atoms with Gasteiger partial charge in [0, 0.05) is 11.8 Å². The number of alkyl halides is 3. The number of nitrogens with zero attached hydrogens (tertiary/aromatic N) is 3. The van der Waals surface area contributed by atoms with E-state index in [2.05, 4.69) is 15.6 Å². The number of hydrogen-bond donors (Lipinski definition) is 1. The van der Waals surface area contributed by atoms with Gasteiger partial charge in [-0.1, -0.05) is 5.16 Å². The molecule has 0 aliphatic heterocycles. The van der Waals surface area contributed by atoms with Gasteiger partial charge < -0.3 is 14.3 Å². The predicted molar refractivity (Wildman–Crippen MR) is 79.0 cm³/mol. The molecule has 132 valence electrons. The Bertz CT molecular complexity index is 907. The van der Waals surface area contributed by atoms with Gasteiger partial charge in [-0.15, -0.1) is 0 Å². The van der Waals surface area contributed by atoms with E-state index in [1.54, 1.807) is 6.92 Å². The van der Waals surface area contributed by atoms with E-state index in [9.17, 15) is 18.0 Å². The van der Waals surface area contributed by atoms with Crippen LogP contribution in [0.25, 0.3) is 0 Å².